The van der Waals surface area contributed by atoms with Gasteiger partial charge in [0.15, 0.2) is 0 Å². The van der Waals surface area contributed by atoms with E-state index in [1.165, 1.54) is 36.4 Å². The molecule has 106 valence electrons. The van der Waals surface area contributed by atoms with Crippen LogP contribution in [0.25, 0.3) is 11.1 Å². The molecule has 0 saturated carbocycles. The van der Waals surface area contributed by atoms with E-state index in [2.05, 4.69) is 0 Å². The highest BCUT2D eigenvalue weighted by atomic mass is 16.6. The summed E-state index contributed by atoms with van der Waals surface area (Å²) >= 11 is 0. The van der Waals surface area contributed by atoms with Gasteiger partial charge in [-0.2, -0.15) is 0 Å². The van der Waals surface area contributed by atoms with Crippen LogP contribution in [0.1, 0.15) is 10.4 Å². The van der Waals surface area contributed by atoms with Gasteiger partial charge >= 0.3 is 0 Å². The predicted octanol–water partition coefficient (Wildman–Crippen LogP) is 2.27. The Hall–Kier alpha value is -3.29. The number of primary amides is 1. The number of nitro benzene ring substituents is 2. The molecule has 0 aromatic heterocycles. The first-order valence-corrected chi connectivity index (χ1v) is 5.73. The van der Waals surface area contributed by atoms with Gasteiger partial charge in [-0.25, -0.2) is 0 Å². The first-order valence-electron chi connectivity index (χ1n) is 5.73. The van der Waals surface area contributed by atoms with Crippen LogP contribution in [0.5, 0.6) is 0 Å². The molecule has 0 saturated heterocycles. The van der Waals surface area contributed by atoms with E-state index < -0.39 is 15.8 Å². The minimum Gasteiger partial charge on any atom is -0.366 e. The Bertz CT molecular complexity index is 740. The summed E-state index contributed by atoms with van der Waals surface area (Å²) < 4.78 is 0. The Morgan fingerprint density at radius 3 is 1.90 bits per heavy atom. The number of non-ortho nitro benzene ring substituents is 2. The molecule has 0 heterocycles. The molecule has 1 amide bonds. The molecule has 8 nitrogen and oxygen atoms in total. The summed E-state index contributed by atoms with van der Waals surface area (Å²) in [4.78, 5) is 31.6. The summed E-state index contributed by atoms with van der Waals surface area (Å²) in [5.41, 5.74) is 5.74. The Morgan fingerprint density at radius 1 is 0.905 bits per heavy atom. The minimum atomic E-state index is -0.813. The third-order valence-corrected chi connectivity index (χ3v) is 2.87. The molecule has 0 aliphatic heterocycles. The molecule has 2 aromatic rings. The van der Waals surface area contributed by atoms with Crippen molar-refractivity contribution in [1.82, 2.24) is 0 Å². The summed E-state index contributed by atoms with van der Waals surface area (Å²) in [5, 5.41) is 21.3. The largest absolute Gasteiger partial charge is 0.366 e. The number of hydrogen-bond donors (Lipinski definition) is 1. The van der Waals surface area contributed by atoms with E-state index in [-0.39, 0.29) is 16.9 Å². The van der Waals surface area contributed by atoms with Crippen LogP contribution in [0, 0.1) is 20.2 Å². The molecule has 8 heteroatoms. The molecule has 0 bridgehead atoms. The number of nitrogens with two attached hydrogens (primary N) is 1. The molecule has 0 unspecified atom stereocenters. The van der Waals surface area contributed by atoms with Crippen molar-refractivity contribution >= 4 is 17.3 Å². The number of carbonyl (C=O) groups excluding carboxylic acids is 1. The maximum Gasteiger partial charge on any atom is 0.270 e. The summed E-state index contributed by atoms with van der Waals surface area (Å²) in [5.74, 6) is -0.813. The predicted molar refractivity (Wildman–Crippen MR) is 73.7 cm³/mol. The molecule has 0 spiro atoms. The van der Waals surface area contributed by atoms with E-state index in [4.69, 9.17) is 5.73 Å². The Balaban J connectivity index is 2.54. The number of nitrogens with zero attached hydrogens (tertiary/aromatic N) is 2. The summed E-state index contributed by atoms with van der Waals surface area (Å²) in [6.07, 6.45) is 0. The van der Waals surface area contributed by atoms with Crippen molar-refractivity contribution in [2.75, 3.05) is 0 Å². The number of amides is 1. The zero-order valence-electron chi connectivity index (χ0n) is 10.6. The number of carbonyl (C=O) groups is 1. The number of hydrogen-bond acceptors (Lipinski definition) is 5. The van der Waals surface area contributed by atoms with E-state index >= 15 is 0 Å². The lowest BCUT2D eigenvalue weighted by atomic mass is 9.98. The van der Waals surface area contributed by atoms with Crippen LogP contribution in [-0.4, -0.2) is 15.8 Å². The Kier molecular flexibility index (Phi) is 3.61. The smallest absolute Gasteiger partial charge is 0.270 e. The highest BCUT2D eigenvalue weighted by molar-refractivity contribution is 6.00. The van der Waals surface area contributed by atoms with E-state index in [9.17, 15) is 25.0 Å². The molecule has 2 N–H and O–H groups in total. The normalized spacial score (nSPS) is 10.1. The zero-order valence-corrected chi connectivity index (χ0v) is 10.6. The van der Waals surface area contributed by atoms with Gasteiger partial charge in [-0.3, -0.25) is 25.0 Å². The quantitative estimate of drug-likeness (QED) is 0.680. The zero-order chi connectivity index (χ0) is 15.6. The van der Waals surface area contributed by atoms with Crippen molar-refractivity contribution in [3.8, 4) is 11.1 Å². The second-order valence-electron chi connectivity index (χ2n) is 4.16. The highest BCUT2D eigenvalue weighted by Gasteiger charge is 2.16. The van der Waals surface area contributed by atoms with E-state index in [0.717, 1.165) is 6.07 Å². The first-order chi connectivity index (χ1) is 9.90. The number of nitro groups is 2. The number of benzene rings is 2. The topological polar surface area (TPSA) is 129 Å². The maximum atomic E-state index is 11.4. The van der Waals surface area contributed by atoms with Crippen molar-refractivity contribution in [1.29, 1.82) is 0 Å². The van der Waals surface area contributed by atoms with Crippen LogP contribution in [0.4, 0.5) is 11.4 Å². The summed E-state index contributed by atoms with van der Waals surface area (Å²) in [7, 11) is 0. The summed E-state index contributed by atoms with van der Waals surface area (Å²) in [6, 6.07) is 9.17. The van der Waals surface area contributed by atoms with Crippen LogP contribution in [0.2, 0.25) is 0 Å². The van der Waals surface area contributed by atoms with Gasteiger partial charge in [0.2, 0.25) is 5.91 Å². The van der Waals surface area contributed by atoms with Crippen LogP contribution in [0.3, 0.4) is 0 Å². The average molecular weight is 287 g/mol. The Labute approximate surface area is 118 Å². The van der Waals surface area contributed by atoms with Gasteiger partial charge in [-0.05, 0) is 29.3 Å². The standard InChI is InChI=1S/C13H9N3O5/c14-13(17)12-7-10(16(20)21)5-6-11(12)8-1-3-9(4-2-8)15(18)19/h1-7H,(H2,14,17). The van der Waals surface area contributed by atoms with Crippen LogP contribution in [0.15, 0.2) is 42.5 Å². The van der Waals surface area contributed by atoms with Gasteiger partial charge < -0.3 is 5.73 Å². The lowest BCUT2D eigenvalue weighted by molar-refractivity contribution is -0.385. The fourth-order valence-electron chi connectivity index (χ4n) is 1.86. The second-order valence-corrected chi connectivity index (χ2v) is 4.16. The van der Waals surface area contributed by atoms with Crippen molar-refractivity contribution in [3.05, 3.63) is 68.3 Å². The third kappa shape index (κ3) is 2.84. The number of rotatable bonds is 4. The van der Waals surface area contributed by atoms with Crippen molar-refractivity contribution in [3.63, 3.8) is 0 Å². The van der Waals surface area contributed by atoms with E-state index in [1.807, 2.05) is 0 Å². The summed E-state index contributed by atoms with van der Waals surface area (Å²) in [6.45, 7) is 0. The lowest BCUT2D eigenvalue weighted by Gasteiger charge is -2.06. The van der Waals surface area contributed by atoms with Crippen molar-refractivity contribution < 1.29 is 14.6 Å². The van der Waals surface area contributed by atoms with E-state index in [1.54, 1.807) is 0 Å². The molecule has 0 radical (unpaired) electrons. The Morgan fingerprint density at radius 2 is 1.43 bits per heavy atom. The fraction of sp³-hybridized carbons (Fsp3) is 0. The van der Waals surface area contributed by atoms with Gasteiger partial charge in [-0.15, -0.1) is 0 Å². The van der Waals surface area contributed by atoms with Gasteiger partial charge in [0.1, 0.15) is 0 Å². The van der Waals surface area contributed by atoms with Crippen molar-refractivity contribution in [2.24, 2.45) is 5.73 Å². The molecule has 2 aromatic carbocycles. The van der Waals surface area contributed by atoms with E-state index in [0.29, 0.717) is 11.1 Å². The van der Waals surface area contributed by atoms with Gasteiger partial charge in [0.05, 0.1) is 15.4 Å². The molecule has 2 rings (SSSR count). The van der Waals surface area contributed by atoms with Gasteiger partial charge in [-0.1, -0.05) is 0 Å². The highest BCUT2D eigenvalue weighted by Crippen LogP contribution is 2.28. The molecule has 0 aliphatic rings. The lowest BCUT2D eigenvalue weighted by Crippen LogP contribution is -2.12. The molecule has 0 aliphatic carbocycles. The third-order valence-electron chi connectivity index (χ3n) is 2.87. The molecular formula is C13H9N3O5. The van der Waals surface area contributed by atoms with Crippen molar-refractivity contribution in [2.45, 2.75) is 0 Å². The van der Waals surface area contributed by atoms with Crippen LogP contribution in [-0.2, 0) is 0 Å². The molecular weight excluding hydrogens is 278 g/mol. The molecule has 0 atom stereocenters. The molecule has 0 fully saturated rings. The maximum absolute atomic E-state index is 11.4. The minimum absolute atomic E-state index is 0.0157. The average Bonchev–Trinajstić information content (AvgIpc) is 2.46. The monoisotopic (exact) mass is 287 g/mol. The van der Waals surface area contributed by atoms with Gasteiger partial charge in [0, 0.05) is 24.3 Å². The second kappa shape index (κ2) is 5.37. The van der Waals surface area contributed by atoms with Crippen LogP contribution >= 0.6 is 0 Å². The van der Waals surface area contributed by atoms with Crippen LogP contribution < -0.4 is 5.73 Å². The fourth-order valence-corrected chi connectivity index (χ4v) is 1.86. The SMILES string of the molecule is NC(=O)c1cc([N+](=O)[O-])ccc1-c1ccc([N+](=O)[O-])cc1. The van der Waals surface area contributed by atoms with Gasteiger partial charge in [0.25, 0.3) is 11.4 Å². The first kappa shape index (κ1) is 14.1. The molecule has 21 heavy (non-hydrogen) atoms.